The fourth-order valence-corrected chi connectivity index (χ4v) is 1.79. The van der Waals surface area contributed by atoms with Gasteiger partial charge in [-0.2, -0.15) is 0 Å². The lowest BCUT2D eigenvalue weighted by Crippen LogP contribution is -2.33. The van der Waals surface area contributed by atoms with Crippen molar-refractivity contribution in [2.75, 3.05) is 0 Å². The van der Waals surface area contributed by atoms with Gasteiger partial charge in [-0.05, 0) is 30.3 Å². The minimum atomic E-state index is -0.969. The highest BCUT2D eigenvalue weighted by molar-refractivity contribution is 9.10. The maximum Gasteiger partial charge on any atom is 0.419 e. The second kappa shape index (κ2) is 6.29. The lowest BCUT2D eigenvalue weighted by Gasteiger charge is -2.06. The Balaban J connectivity index is 2.02. The molecule has 0 aliphatic rings. The molecule has 0 fully saturated rings. The largest absolute Gasteiger partial charge is 0.419 e. The molecule has 6 heteroatoms. The molecule has 4 nitrogen and oxygen atoms in total. The molecular formula is C14H9BrFNO3. The van der Waals surface area contributed by atoms with E-state index in [0.29, 0.717) is 4.47 Å². The number of hydrogen-bond donors (Lipinski definition) is 1. The van der Waals surface area contributed by atoms with Crippen molar-refractivity contribution in [3.8, 4) is 5.75 Å². The first-order valence-corrected chi connectivity index (χ1v) is 6.39. The van der Waals surface area contributed by atoms with E-state index in [2.05, 4.69) is 15.9 Å². The summed E-state index contributed by atoms with van der Waals surface area (Å²) in [6.07, 6.45) is -0.969. The number of amides is 2. The van der Waals surface area contributed by atoms with Gasteiger partial charge in [0.2, 0.25) is 0 Å². The van der Waals surface area contributed by atoms with E-state index in [1.54, 1.807) is 30.3 Å². The summed E-state index contributed by atoms with van der Waals surface area (Å²) in [5.41, 5.74) is -0.238. The molecule has 0 bridgehead atoms. The Morgan fingerprint density at radius 3 is 2.45 bits per heavy atom. The Labute approximate surface area is 122 Å². The molecule has 1 N–H and O–H groups in total. The summed E-state index contributed by atoms with van der Waals surface area (Å²) in [4.78, 5) is 23.2. The standard InChI is InChI=1S/C14H9BrFNO3/c15-9-6-7-11(12(16)8-9)13(18)17-14(19)20-10-4-2-1-3-5-10/h1-8H,(H,17,18,19). The minimum absolute atomic E-state index is 0.238. The SMILES string of the molecule is O=C(NC(=O)c1ccc(Br)cc1F)Oc1ccccc1. The zero-order valence-corrected chi connectivity index (χ0v) is 11.7. The van der Waals surface area contributed by atoms with Crippen molar-refractivity contribution in [1.29, 1.82) is 0 Å². The molecule has 0 spiro atoms. The van der Waals surface area contributed by atoms with Gasteiger partial charge in [-0.25, -0.2) is 9.18 Å². The van der Waals surface area contributed by atoms with Gasteiger partial charge in [-0.1, -0.05) is 34.1 Å². The van der Waals surface area contributed by atoms with Gasteiger partial charge in [0.15, 0.2) is 0 Å². The number of halogens is 2. The number of para-hydroxylation sites is 1. The quantitative estimate of drug-likeness (QED) is 0.912. The van der Waals surface area contributed by atoms with Crippen LogP contribution in [0.25, 0.3) is 0 Å². The third kappa shape index (κ3) is 3.64. The maximum atomic E-state index is 13.5. The number of carbonyl (C=O) groups is 2. The van der Waals surface area contributed by atoms with E-state index in [4.69, 9.17) is 4.74 Å². The molecule has 2 amide bonds. The summed E-state index contributed by atoms with van der Waals surface area (Å²) < 4.78 is 18.9. The van der Waals surface area contributed by atoms with Crippen molar-refractivity contribution in [2.45, 2.75) is 0 Å². The molecule has 0 radical (unpaired) electrons. The average Bonchev–Trinajstić information content (AvgIpc) is 2.39. The van der Waals surface area contributed by atoms with E-state index in [0.717, 1.165) is 6.07 Å². The normalized spacial score (nSPS) is 9.90. The Bertz CT molecular complexity index is 646. The van der Waals surface area contributed by atoms with Crippen LogP contribution in [0.1, 0.15) is 10.4 Å². The van der Waals surface area contributed by atoms with Crippen LogP contribution >= 0.6 is 15.9 Å². The molecule has 2 aromatic rings. The van der Waals surface area contributed by atoms with E-state index in [1.807, 2.05) is 5.32 Å². The van der Waals surface area contributed by atoms with E-state index in [9.17, 15) is 14.0 Å². The van der Waals surface area contributed by atoms with Crippen molar-refractivity contribution in [1.82, 2.24) is 5.32 Å². The van der Waals surface area contributed by atoms with Crippen LogP contribution in [-0.2, 0) is 0 Å². The molecule has 0 aliphatic heterocycles. The van der Waals surface area contributed by atoms with Crippen LogP contribution in [-0.4, -0.2) is 12.0 Å². The van der Waals surface area contributed by atoms with Crippen LogP contribution in [0, 0.1) is 5.82 Å². The molecule has 0 heterocycles. The third-order valence-electron chi connectivity index (χ3n) is 2.35. The van der Waals surface area contributed by atoms with E-state index in [1.165, 1.54) is 12.1 Å². The summed E-state index contributed by atoms with van der Waals surface area (Å²) in [6, 6.07) is 12.1. The predicted octanol–water partition coefficient (Wildman–Crippen LogP) is 3.52. The second-order valence-corrected chi connectivity index (χ2v) is 4.70. The highest BCUT2D eigenvalue weighted by Gasteiger charge is 2.16. The summed E-state index contributed by atoms with van der Waals surface area (Å²) in [5, 5.41) is 1.95. The Morgan fingerprint density at radius 1 is 1.10 bits per heavy atom. The van der Waals surface area contributed by atoms with Gasteiger partial charge in [-0.3, -0.25) is 10.1 Å². The summed E-state index contributed by atoms with van der Waals surface area (Å²) in [5.74, 6) is -1.31. The second-order valence-electron chi connectivity index (χ2n) is 3.78. The number of benzene rings is 2. The van der Waals surface area contributed by atoms with Gasteiger partial charge in [0.1, 0.15) is 11.6 Å². The van der Waals surface area contributed by atoms with Gasteiger partial charge in [0.25, 0.3) is 5.91 Å². The Hall–Kier alpha value is -2.21. The minimum Gasteiger partial charge on any atom is -0.410 e. The molecule has 2 aromatic carbocycles. The highest BCUT2D eigenvalue weighted by atomic mass is 79.9. The lowest BCUT2D eigenvalue weighted by atomic mass is 10.2. The first-order chi connectivity index (χ1) is 9.56. The van der Waals surface area contributed by atoms with E-state index < -0.39 is 17.8 Å². The molecule has 2 rings (SSSR count). The van der Waals surface area contributed by atoms with Gasteiger partial charge in [-0.15, -0.1) is 0 Å². The molecule has 0 aromatic heterocycles. The monoisotopic (exact) mass is 337 g/mol. The summed E-state index contributed by atoms with van der Waals surface area (Å²) in [7, 11) is 0. The maximum absolute atomic E-state index is 13.5. The van der Waals surface area contributed by atoms with Crippen LogP contribution in [0.4, 0.5) is 9.18 Å². The number of ether oxygens (including phenoxy) is 1. The summed E-state index contributed by atoms with van der Waals surface area (Å²) >= 11 is 3.08. The van der Waals surface area contributed by atoms with Gasteiger partial charge in [0, 0.05) is 4.47 Å². The smallest absolute Gasteiger partial charge is 0.410 e. The van der Waals surface area contributed by atoms with Crippen molar-refractivity contribution < 1.29 is 18.7 Å². The topological polar surface area (TPSA) is 55.4 Å². The van der Waals surface area contributed by atoms with Crippen LogP contribution in [0.5, 0.6) is 5.75 Å². The molecule has 0 atom stereocenters. The fraction of sp³-hybridized carbons (Fsp3) is 0. The number of hydrogen-bond acceptors (Lipinski definition) is 3. The number of carbonyl (C=O) groups excluding carboxylic acids is 2. The molecule has 0 saturated carbocycles. The lowest BCUT2D eigenvalue weighted by molar-refractivity contribution is 0.0947. The van der Waals surface area contributed by atoms with Gasteiger partial charge < -0.3 is 4.74 Å². The molecule has 20 heavy (non-hydrogen) atoms. The molecule has 102 valence electrons. The van der Waals surface area contributed by atoms with Crippen LogP contribution in [0.3, 0.4) is 0 Å². The Kier molecular flexibility index (Phi) is 4.47. The van der Waals surface area contributed by atoms with Crippen molar-refractivity contribution in [2.24, 2.45) is 0 Å². The fourth-order valence-electron chi connectivity index (χ4n) is 1.45. The first-order valence-electron chi connectivity index (χ1n) is 5.59. The van der Waals surface area contributed by atoms with Gasteiger partial charge >= 0.3 is 6.09 Å². The number of imide groups is 1. The first kappa shape index (κ1) is 14.2. The van der Waals surface area contributed by atoms with Gasteiger partial charge in [0.05, 0.1) is 5.56 Å². The highest BCUT2D eigenvalue weighted by Crippen LogP contribution is 2.15. The van der Waals surface area contributed by atoms with E-state index >= 15 is 0 Å². The molecular weight excluding hydrogens is 329 g/mol. The van der Waals surface area contributed by atoms with Crippen molar-refractivity contribution in [3.05, 3.63) is 64.4 Å². The zero-order valence-electron chi connectivity index (χ0n) is 10.1. The predicted molar refractivity (Wildman–Crippen MR) is 74.0 cm³/mol. The molecule has 0 unspecified atom stereocenters. The molecule has 0 aliphatic carbocycles. The third-order valence-corrected chi connectivity index (χ3v) is 2.84. The van der Waals surface area contributed by atoms with E-state index in [-0.39, 0.29) is 11.3 Å². The van der Waals surface area contributed by atoms with Crippen LogP contribution in [0.15, 0.2) is 53.0 Å². The van der Waals surface area contributed by atoms with Crippen molar-refractivity contribution >= 4 is 27.9 Å². The van der Waals surface area contributed by atoms with Crippen LogP contribution in [0.2, 0.25) is 0 Å². The van der Waals surface area contributed by atoms with Crippen LogP contribution < -0.4 is 10.1 Å². The number of rotatable bonds is 2. The number of nitrogens with one attached hydrogen (secondary N) is 1. The Morgan fingerprint density at radius 2 is 1.80 bits per heavy atom. The van der Waals surface area contributed by atoms with Crippen molar-refractivity contribution in [3.63, 3.8) is 0 Å². The molecule has 0 saturated heterocycles. The average molecular weight is 338 g/mol. The summed E-state index contributed by atoms with van der Waals surface area (Å²) in [6.45, 7) is 0. The zero-order chi connectivity index (χ0) is 14.5.